The number of pyridine rings is 2. The summed E-state index contributed by atoms with van der Waals surface area (Å²) in [7, 11) is 0. The molecule has 2 aromatic heterocycles. The van der Waals surface area contributed by atoms with Gasteiger partial charge in [0.25, 0.3) is 0 Å². The van der Waals surface area contributed by atoms with Gasteiger partial charge in [0, 0.05) is 23.9 Å². The summed E-state index contributed by atoms with van der Waals surface area (Å²) < 4.78 is 27.1. The van der Waals surface area contributed by atoms with Crippen molar-refractivity contribution in [1.82, 2.24) is 9.97 Å². The lowest BCUT2D eigenvalue weighted by atomic mass is 10.0. The summed E-state index contributed by atoms with van der Waals surface area (Å²) in [5, 5.41) is 8.72. The summed E-state index contributed by atoms with van der Waals surface area (Å²) >= 11 is 0. The predicted molar refractivity (Wildman–Crippen MR) is 77.2 cm³/mol. The van der Waals surface area contributed by atoms with E-state index in [2.05, 4.69) is 9.97 Å². The molecule has 0 amide bonds. The van der Waals surface area contributed by atoms with Gasteiger partial charge in [0.1, 0.15) is 23.4 Å². The molecule has 0 atom stereocenters. The highest BCUT2D eigenvalue weighted by Gasteiger charge is 2.12. The van der Waals surface area contributed by atoms with E-state index in [0.29, 0.717) is 17.3 Å². The molecule has 3 rings (SSSR count). The Bertz CT molecular complexity index is 1000. The normalized spacial score (nSPS) is 10.6. The van der Waals surface area contributed by atoms with Crippen molar-refractivity contribution in [1.29, 1.82) is 5.26 Å². The molecule has 2 heterocycles. The number of benzene rings is 1. The smallest absolute Gasteiger partial charge is 0.192 e. The summed E-state index contributed by atoms with van der Waals surface area (Å²) in [6.45, 7) is 1.76. The number of hydrogen-bond donors (Lipinski definition) is 1. The lowest BCUT2D eigenvalue weighted by Gasteiger charge is -2.08. The van der Waals surface area contributed by atoms with Crippen LogP contribution in [-0.2, 0) is 0 Å². The minimum Gasteiger partial charge on any atom is -0.354 e. The summed E-state index contributed by atoms with van der Waals surface area (Å²) in [5.74, 6) is -1.69. The van der Waals surface area contributed by atoms with Crippen molar-refractivity contribution < 1.29 is 8.78 Å². The number of nitrogens with one attached hydrogen (secondary N) is 1. The minimum atomic E-state index is -0.910. The van der Waals surface area contributed by atoms with Crippen molar-refractivity contribution in [3.63, 3.8) is 0 Å². The Morgan fingerprint density at radius 1 is 1.23 bits per heavy atom. The van der Waals surface area contributed by atoms with Crippen molar-refractivity contribution in [2.75, 3.05) is 0 Å². The molecule has 0 radical (unpaired) electrons. The number of rotatable bonds is 1. The maximum absolute atomic E-state index is 13.7. The Balaban J connectivity index is 2.34. The van der Waals surface area contributed by atoms with Gasteiger partial charge in [-0.3, -0.25) is 4.79 Å². The third kappa shape index (κ3) is 2.23. The molecule has 0 saturated carbocycles. The first-order valence-electron chi connectivity index (χ1n) is 6.39. The Labute approximate surface area is 123 Å². The van der Waals surface area contributed by atoms with Crippen LogP contribution in [0.25, 0.3) is 22.2 Å². The van der Waals surface area contributed by atoms with Gasteiger partial charge in [0.05, 0.1) is 16.6 Å². The number of aryl methyl sites for hydroxylation is 1. The number of halogens is 2. The van der Waals surface area contributed by atoms with E-state index in [1.54, 1.807) is 6.92 Å². The van der Waals surface area contributed by atoms with Gasteiger partial charge in [-0.1, -0.05) is 0 Å². The minimum absolute atomic E-state index is 0.0646. The first kappa shape index (κ1) is 13.9. The summed E-state index contributed by atoms with van der Waals surface area (Å²) in [4.78, 5) is 18.9. The van der Waals surface area contributed by atoms with Gasteiger partial charge in [-0.25, -0.2) is 13.8 Å². The number of H-pyrrole nitrogens is 1. The molecule has 22 heavy (non-hydrogen) atoms. The van der Waals surface area contributed by atoms with E-state index >= 15 is 0 Å². The molecule has 108 valence electrons. The number of fused-ring (bicyclic) bond motifs is 1. The molecule has 0 spiro atoms. The van der Waals surface area contributed by atoms with Gasteiger partial charge in [-0.2, -0.15) is 5.26 Å². The summed E-state index contributed by atoms with van der Waals surface area (Å²) in [6, 6.07) is 6.39. The monoisotopic (exact) mass is 297 g/mol. The van der Waals surface area contributed by atoms with E-state index < -0.39 is 17.1 Å². The van der Waals surface area contributed by atoms with Crippen LogP contribution in [0.4, 0.5) is 8.78 Å². The molecule has 0 saturated heterocycles. The molecule has 3 aromatic rings. The fraction of sp³-hybridized carbons (Fsp3) is 0.0625. The SMILES string of the molecule is Cc1cnc(C#N)cc1-c1cc(=O)c2c(F)cc(F)cc2[nH]1. The number of nitriles is 1. The molecular weight excluding hydrogens is 288 g/mol. The zero-order valence-electron chi connectivity index (χ0n) is 11.4. The van der Waals surface area contributed by atoms with Crippen LogP contribution in [0.3, 0.4) is 0 Å². The maximum atomic E-state index is 13.7. The highest BCUT2D eigenvalue weighted by Crippen LogP contribution is 2.23. The Morgan fingerprint density at radius 3 is 2.73 bits per heavy atom. The van der Waals surface area contributed by atoms with Crippen LogP contribution in [0.5, 0.6) is 0 Å². The van der Waals surface area contributed by atoms with Crippen LogP contribution in [0, 0.1) is 29.9 Å². The van der Waals surface area contributed by atoms with Crippen LogP contribution in [0.1, 0.15) is 11.3 Å². The van der Waals surface area contributed by atoms with Crippen molar-refractivity contribution in [3.8, 4) is 17.3 Å². The van der Waals surface area contributed by atoms with Crippen LogP contribution in [-0.4, -0.2) is 9.97 Å². The van der Waals surface area contributed by atoms with Crippen LogP contribution >= 0.6 is 0 Å². The molecule has 1 aromatic carbocycles. The zero-order chi connectivity index (χ0) is 15.9. The lowest BCUT2D eigenvalue weighted by Crippen LogP contribution is -2.06. The van der Waals surface area contributed by atoms with E-state index in [1.165, 1.54) is 18.3 Å². The second-order valence-corrected chi connectivity index (χ2v) is 4.85. The molecule has 6 heteroatoms. The molecule has 0 unspecified atom stereocenters. The van der Waals surface area contributed by atoms with Gasteiger partial charge >= 0.3 is 0 Å². The fourth-order valence-corrected chi connectivity index (χ4v) is 2.33. The van der Waals surface area contributed by atoms with Gasteiger partial charge in [-0.15, -0.1) is 0 Å². The Kier molecular flexibility index (Phi) is 3.18. The molecule has 4 nitrogen and oxygen atoms in total. The highest BCUT2D eigenvalue weighted by atomic mass is 19.1. The van der Waals surface area contributed by atoms with E-state index in [-0.39, 0.29) is 16.6 Å². The average molecular weight is 297 g/mol. The van der Waals surface area contributed by atoms with Crippen molar-refractivity contribution in [2.24, 2.45) is 0 Å². The van der Waals surface area contributed by atoms with Crippen LogP contribution in [0.2, 0.25) is 0 Å². The topological polar surface area (TPSA) is 69.5 Å². The molecule has 0 bridgehead atoms. The molecule has 0 aliphatic carbocycles. The lowest BCUT2D eigenvalue weighted by molar-refractivity contribution is 0.591. The molecule has 0 fully saturated rings. The van der Waals surface area contributed by atoms with Gasteiger partial charge in [0.2, 0.25) is 0 Å². The molecule has 1 N–H and O–H groups in total. The van der Waals surface area contributed by atoms with Crippen molar-refractivity contribution in [2.45, 2.75) is 6.92 Å². The Morgan fingerprint density at radius 2 is 2.00 bits per heavy atom. The number of nitrogens with zero attached hydrogens (tertiary/aromatic N) is 2. The quantitative estimate of drug-likeness (QED) is 0.750. The van der Waals surface area contributed by atoms with Gasteiger partial charge in [0.15, 0.2) is 5.43 Å². The Hall–Kier alpha value is -3.07. The van der Waals surface area contributed by atoms with Gasteiger partial charge in [-0.05, 0) is 24.6 Å². The number of hydrogen-bond acceptors (Lipinski definition) is 3. The van der Waals surface area contributed by atoms with Crippen LogP contribution < -0.4 is 5.43 Å². The van der Waals surface area contributed by atoms with E-state index in [0.717, 1.165) is 11.6 Å². The average Bonchev–Trinajstić information content (AvgIpc) is 2.46. The van der Waals surface area contributed by atoms with Gasteiger partial charge < -0.3 is 4.98 Å². The number of aromatic amines is 1. The molecule has 0 aliphatic heterocycles. The van der Waals surface area contributed by atoms with Crippen LogP contribution in [0.15, 0.2) is 35.3 Å². The van der Waals surface area contributed by atoms with Crippen molar-refractivity contribution >= 4 is 10.9 Å². The largest absolute Gasteiger partial charge is 0.354 e. The first-order chi connectivity index (χ1) is 10.5. The second-order valence-electron chi connectivity index (χ2n) is 4.85. The zero-order valence-corrected chi connectivity index (χ0v) is 11.4. The van der Waals surface area contributed by atoms with E-state index in [1.807, 2.05) is 6.07 Å². The third-order valence-electron chi connectivity index (χ3n) is 3.35. The van der Waals surface area contributed by atoms with E-state index in [4.69, 9.17) is 5.26 Å². The molecule has 0 aliphatic rings. The first-order valence-corrected chi connectivity index (χ1v) is 6.39. The highest BCUT2D eigenvalue weighted by molar-refractivity contribution is 5.82. The fourth-order valence-electron chi connectivity index (χ4n) is 2.33. The third-order valence-corrected chi connectivity index (χ3v) is 3.35. The van der Waals surface area contributed by atoms with E-state index in [9.17, 15) is 13.6 Å². The van der Waals surface area contributed by atoms with Crippen molar-refractivity contribution in [3.05, 3.63) is 63.6 Å². The predicted octanol–water partition coefficient (Wildman–Crippen LogP) is 3.05. The summed E-state index contributed by atoms with van der Waals surface area (Å²) in [6.07, 6.45) is 1.50. The second kappa shape index (κ2) is 5.04. The summed E-state index contributed by atoms with van der Waals surface area (Å²) in [5.41, 5.74) is 1.37. The number of aromatic nitrogens is 2. The standard InChI is InChI=1S/C16H9F2N3O/c1-8-7-20-10(6-19)4-11(8)13-5-15(22)16-12(18)2-9(17)3-14(16)21-13/h2-5,7H,1H3,(H,21,22). The maximum Gasteiger partial charge on any atom is 0.192 e. The molecular formula is C16H9F2N3O.